The van der Waals surface area contributed by atoms with E-state index in [-0.39, 0.29) is 12.1 Å². The molecule has 0 amide bonds. The second-order valence-electron chi connectivity index (χ2n) is 2.70. The molecule has 0 fully saturated rings. The Morgan fingerprint density at radius 1 is 1.42 bits per heavy atom. The molecule has 0 aromatic heterocycles. The molecule has 0 N–H and O–H groups in total. The van der Waals surface area contributed by atoms with Gasteiger partial charge in [-0.05, 0) is 20.8 Å². The third-order valence-corrected chi connectivity index (χ3v) is 1.09. The standard InChI is InChI=1S/C10H16O2/c1-4-5-6-7-8-10(11)12-9(2)3/h4-7,9H,8H2,1-3H3/b5-4+,7-6-. The van der Waals surface area contributed by atoms with Gasteiger partial charge in [0.25, 0.3) is 0 Å². The van der Waals surface area contributed by atoms with Gasteiger partial charge in [-0.15, -0.1) is 0 Å². The lowest BCUT2D eigenvalue weighted by Crippen LogP contribution is -2.09. The fourth-order valence-electron chi connectivity index (χ4n) is 0.665. The molecule has 0 rings (SSSR count). The molecule has 0 aliphatic carbocycles. The second-order valence-corrected chi connectivity index (χ2v) is 2.70. The van der Waals surface area contributed by atoms with E-state index in [1.165, 1.54) is 0 Å². The average molecular weight is 168 g/mol. The molecule has 0 aromatic rings. The van der Waals surface area contributed by atoms with Gasteiger partial charge in [-0.1, -0.05) is 24.3 Å². The van der Waals surface area contributed by atoms with Gasteiger partial charge >= 0.3 is 5.97 Å². The van der Waals surface area contributed by atoms with Crippen LogP contribution < -0.4 is 0 Å². The van der Waals surface area contributed by atoms with E-state index in [9.17, 15) is 4.79 Å². The number of carbonyl (C=O) groups excluding carboxylic acids is 1. The minimum atomic E-state index is -0.175. The zero-order valence-electron chi connectivity index (χ0n) is 7.91. The molecule has 0 saturated heterocycles. The van der Waals surface area contributed by atoms with Crippen molar-refractivity contribution in [3.63, 3.8) is 0 Å². The Morgan fingerprint density at radius 2 is 2.08 bits per heavy atom. The quantitative estimate of drug-likeness (QED) is 0.476. The van der Waals surface area contributed by atoms with Crippen LogP contribution in [0.25, 0.3) is 0 Å². The molecule has 2 heteroatoms. The van der Waals surface area contributed by atoms with Crippen molar-refractivity contribution in [3.8, 4) is 0 Å². The van der Waals surface area contributed by atoms with Crippen molar-refractivity contribution in [1.29, 1.82) is 0 Å². The lowest BCUT2D eigenvalue weighted by Gasteiger charge is -2.04. The van der Waals surface area contributed by atoms with E-state index in [1.807, 2.05) is 39.0 Å². The first-order valence-electron chi connectivity index (χ1n) is 4.14. The first-order chi connectivity index (χ1) is 5.66. The highest BCUT2D eigenvalue weighted by molar-refractivity contribution is 5.71. The molecular weight excluding hydrogens is 152 g/mol. The topological polar surface area (TPSA) is 26.3 Å². The Kier molecular flexibility index (Phi) is 6.07. The van der Waals surface area contributed by atoms with Crippen LogP contribution in [0.15, 0.2) is 24.3 Å². The number of hydrogen-bond donors (Lipinski definition) is 0. The summed E-state index contributed by atoms with van der Waals surface area (Å²) in [4.78, 5) is 10.9. The van der Waals surface area contributed by atoms with E-state index in [0.717, 1.165) is 0 Å². The minimum absolute atomic E-state index is 0.0207. The molecular formula is C10H16O2. The molecule has 68 valence electrons. The molecule has 0 spiro atoms. The number of allylic oxidation sites excluding steroid dienone is 3. The summed E-state index contributed by atoms with van der Waals surface area (Å²) in [5.41, 5.74) is 0. The summed E-state index contributed by atoms with van der Waals surface area (Å²) in [5.74, 6) is -0.175. The maximum absolute atomic E-state index is 10.9. The van der Waals surface area contributed by atoms with Gasteiger partial charge in [0, 0.05) is 0 Å². The van der Waals surface area contributed by atoms with E-state index in [0.29, 0.717) is 6.42 Å². The third-order valence-electron chi connectivity index (χ3n) is 1.09. The SMILES string of the molecule is C/C=C/C=C\CC(=O)OC(C)C. The number of esters is 1. The lowest BCUT2D eigenvalue weighted by molar-refractivity contribution is -0.146. The molecule has 0 aliphatic rings. The summed E-state index contributed by atoms with van der Waals surface area (Å²) in [5, 5.41) is 0. The largest absolute Gasteiger partial charge is 0.463 e. The van der Waals surface area contributed by atoms with Crippen molar-refractivity contribution in [2.24, 2.45) is 0 Å². The minimum Gasteiger partial charge on any atom is -0.463 e. The molecule has 2 nitrogen and oxygen atoms in total. The summed E-state index contributed by atoms with van der Waals surface area (Å²) in [7, 11) is 0. The van der Waals surface area contributed by atoms with Crippen LogP contribution in [0.3, 0.4) is 0 Å². The average Bonchev–Trinajstić information content (AvgIpc) is 1.97. The zero-order valence-corrected chi connectivity index (χ0v) is 7.91. The fraction of sp³-hybridized carbons (Fsp3) is 0.500. The molecule has 0 radical (unpaired) electrons. The van der Waals surface area contributed by atoms with Crippen molar-refractivity contribution < 1.29 is 9.53 Å². The molecule has 0 aromatic carbocycles. The van der Waals surface area contributed by atoms with Crippen molar-refractivity contribution >= 4 is 5.97 Å². The third kappa shape index (κ3) is 7.06. The molecule has 0 aliphatic heterocycles. The maximum atomic E-state index is 10.9. The van der Waals surface area contributed by atoms with Gasteiger partial charge in [0.15, 0.2) is 0 Å². The first kappa shape index (κ1) is 11.0. The molecule has 0 atom stereocenters. The highest BCUT2D eigenvalue weighted by Crippen LogP contribution is 1.94. The predicted molar refractivity (Wildman–Crippen MR) is 49.8 cm³/mol. The number of hydrogen-bond acceptors (Lipinski definition) is 2. The van der Waals surface area contributed by atoms with Gasteiger partial charge in [0.2, 0.25) is 0 Å². The molecule has 0 heterocycles. The Labute approximate surface area is 73.9 Å². The second kappa shape index (κ2) is 6.65. The van der Waals surface area contributed by atoms with Crippen LogP contribution in [-0.4, -0.2) is 12.1 Å². The number of ether oxygens (including phenoxy) is 1. The Balaban J connectivity index is 3.57. The zero-order chi connectivity index (χ0) is 9.40. The van der Waals surface area contributed by atoms with Gasteiger partial charge in [-0.3, -0.25) is 4.79 Å². The summed E-state index contributed by atoms with van der Waals surface area (Å²) in [6, 6.07) is 0. The van der Waals surface area contributed by atoms with Crippen LogP contribution in [0.5, 0.6) is 0 Å². The van der Waals surface area contributed by atoms with Crippen LogP contribution >= 0.6 is 0 Å². The molecule has 0 unspecified atom stereocenters. The Bertz CT molecular complexity index is 178. The number of rotatable bonds is 4. The smallest absolute Gasteiger partial charge is 0.309 e. The lowest BCUT2D eigenvalue weighted by atomic mass is 10.3. The first-order valence-corrected chi connectivity index (χ1v) is 4.14. The van der Waals surface area contributed by atoms with Crippen molar-refractivity contribution in [2.75, 3.05) is 0 Å². The van der Waals surface area contributed by atoms with Gasteiger partial charge in [-0.2, -0.15) is 0 Å². The number of carbonyl (C=O) groups is 1. The molecule has 0 bridgehead atoms. The van der Waals surface area contributed by atoms with E-state index in [2.05, 4.69) is 0 Å². The van der Waals surface area contributed by atoms with Gasteiger partial charge in [0.05, 0.1) is 12.5 Å². The highest BCUT2D eigenvalue weighted by atomic mass is 16.5. The van der Waals surface area contributed by atoms with Crippen molar-refractivity contribution in [3.05, 3.63) is 24.3 Å². The summed E-state index contributed by atoms with van der Waals surface area (Å²) < 4.78 is 4.92. The van der Waals surface area contributed by atoms with Crippen molar-refractivity contribution in [2.45, 2.75) is 33.3 Å². The molecule has 0 saturated carbocycles. The van der Waals surface area contributed by atoms with Crippen LogP contribution in [0.1, 0.15) is 27.2 Å². The van der Waals surface area contributed by atoms with Crippen LogP contribution in [0.2, 0.25) is 0 Å². The van der Waals surface area contributed by atoms with Gasteiger partial charge in [-0.25, -0.2) is 0 Å². The van der Waals surface area contributed by atoms with Gasteiger partial charge < -0.3 is 4.74 Å². The Morgan fingerprint density at radius 3 is 2.58 bits per heavy atom. The molecule has 12 heavy (non-hydrogen) atoms. The Hall–Kier alpha value is -1.05. The monoisotopic (exact) mass is 168 g/mol. The predicted octanol–water partition coefficient (Wildman–Crippen LogP) is 2.46. The van der Waals surface area contributed by atoms with E-state index < -0.39 is 0 Å². The van der Waals surface area contributed by atoms with Gasteiger partial charge in [0.1, 0.15) is 0 Å². The normalized spacial score (nSPS) is 11.7. The van der Waals surface area contributed by atoms with Crippen LogP contribution in [0, 0.1) is 0 Å². The maximum Gasteiger partial charge on any atom is 0.309 e. The van der Waals surface area contributed by atoms with E-state index in [4.69, 9.17) is 4.74 Å². The van der Waals surface area contributed by atoms with Crippen LogP contribution in [-0.2, 0) is 9.53 Å². The van der Waals surface area contributed by atoms with Crippen molar-refractivity contribution in [1.82, 2.24) is 0 Å². The summed E-state index contributed by atoms with van der Waals surface area (Å²) in [6.07, 6.45) is 7.73. The summed E-state index contributed by atoms with van der Waals surface area (Å²) in [6.45, 7) is 5.61. The summed E-state index contributed by atoms with van der Waals surface area (Å²) >= 11 is 0. The van der Waals surface area contributed by atoms with E-state index in [1.54, 1.807) is 6.08 Å². The fourth-order valence-corrected chi connectivity index (χ4v) is 0.665. The van der Waals surface area contributed by atoms with E-state index >= 15 is 0 Å². The van der Waals surface area contributed by atoms with Crippen LogP contribution in [0.4, 0.5) is 0 Å². The highest BCUT2D eigenvalue weighted by Gasteiger charge is 2.00.